The molecule has 1 aromatic heterocycles. The van der Waals surface area contributed by atoms with E-state index in [9.17, 15) is 4.79 Å². The number of carbonyl (C=O) groups is 1. The second-order valence-corrected chi connectivity index (χ2v) is 4.35. The Bertz CT molecular complexity index is 331. The standard InChI is InChI=1S/C9H13N3OS/c10-8(13)7-5-14-9(12-7)6-1-3-11-4-2-6/h5-6,11H,1-4H2,(H2,10,13). The van der Waals surface area contributed by atoms with E-state index in [-0.39, 0.29) is 0 Å². The molecule has 0 bridgehead atoms. The summed E-state index contributed by atoms with van der Waals surface area (Å²) in [5, 5.41) is 6.10. The molecule has 0 aliphatic carbocycles. The summed E-state index contributed by atoms with van der Waals surface area (Å²) < 4.78 is 0. The van der Waals surface area contributed by atoms with E-state index in [4.69, 9.17) is 5.73 Å². The van der Waals surface area contributed by atoms with E-state index < -0.39 is 5.91 Å². The normalized spacial score (nSPS) is 18.3. The first-order valence-corrected chi connectivity index (χ1v) is 5.61. The number of hydrogen-bond acceptors (Lipinski definition) is 4. The van der Waals surface area contributed by atoms with Crippen LogP contribution in [-0.2, 0) is 0 Å². The van der Waals surface area contributed by atoms with Gasteiger partial charge in [-0.3, -0.25) is 4.79 Å². The molecule has 1 aliphatic heterocycles. The van der Waals surface area contributed by atoms with Crippen LogP contribution in [0.2, 0.25) is 0 Å². The fourth-order valence-electron chi connectivity index (χ4n) is 1.66. The van der Waals surface area contributed by atoms with E-state index in [0.717, 1.165) is 30.9 Å². The van der Waals surface area contributed by atoms with Crippen LogP contribution in [0.25, 0.3) is 0 Å². The van der Waals surface area contributed by atoms with Crippen molar-refractivity contribution in [3.63, 3.8) is 0 Å². The third-order valence-electron chi connectivity index (χ3n) is 2.46. The smallest absolute Gasteiger partial charge is 0.268 e. The number of nitrogens with two attached hydrogens (primary N) is 1. The molecule has 1 fully saturated rings. The number of rotatable bonds is 2. The molecule has 4 nitrogen and oxygen atoms in total. The van der Waals surface area contributed by atoms with Crippen molar-refractivity contribution in [1.82, 2.24) is 10.3 Å². The van der Waals surface area contributed by atoms with E-state index in [1.54, 1.807) is 16.7 Å². The maximum atomic E-state index is 10.9. The van der Waals surface area contributed by atoms with Crippen LogP contribution < -0.4 is 11.1 Å². The topological polar surface area (TPSA) is 68.0 Å². The highest BCUT2D eigenvalue weighted by atomic mass is 32.1. The zero-order valence-electron chi connectivity index (χ0n) is 7.82. The molecule has 0 unspecified atom stereocenters. The molecule has 14 heavy (non-hydrogen) atoms. The number of carbonyl (C=O) groups excluding carboxylic acids is 1. The molecular formula is C9H13N3OS. The molecule has 0 spiro atoms. The van der Waals surface area contributed by atoms with Crippen molar-refractivity contribution < 1.29 is 4.79 Å². The Balaban J connectivity index is 2.11. The Morgan fingerprint density at radius 3 is 2.86 bits per heavy atom. The summed E-state index contributed by atoms with van der Waals surface area (Å²) in [5.74, 6) is 0.0794. The molecule has 2 heterocycles. The van der Waals surface area contributed by atoms with Gasteiger partial charge in [-0.15, -0.1) is 11.3 Å². The minimum atomic E-state index is -0.429. The van der Waals surface area contributed by atoms with Crippen LogP contribution >= 0.6 is 11.3 Å². The molecule has 0 aromatic carbocycles. The number of hydrogen-bond donors (Lipinski definition) is 2. The SMILES string of the molecule is NC(=O)c1csc(C2CCNCC2)n1. The number of amides is 1. The average Bonchev–Trinajstić information content (AvgIpc) is 2.68. The van der Waals surface area contributed by atoms with E-state index in [2.05, 4.69) is 10.3 Å². The van der Waals surface area contributed by atoms with Crippen molar-refractivity contribution in [3.8, 4) is 0 Å². The molecule has 1 aromatic rings. The van der Waals surface area contributed by atoms with Gasteiger partial charge < -0.3 is 11.1 Å². The number of nitrogens with one attached hydrogen (secondary N) is 1. The van der Waals surface area contributed by atoms with Gasteiger partial charge in [0, 0.05) is 11.3 Å². The third kappa shape index (κ3) is 1.93. The highest BCUT2D eigenvalue weighted by molar-refractivity contribution is 7.09. The van der Waals surface area contributed by atoms with Crippen LogP contribution in [0.3, 0.4) is 0 Å². The van der Waals surface area contributed by atoms with Crippen molar-refractivity contribution in [3.05, 3.63) is 16.1 Å². The maximum absolute atomic E-state index is 10.9. The molecule has 76 valence electrons. The first kappa shape index (κ1) is 9.61. The molecule has 1 aliphatic rings. The number of piperidine rings is 1. The monoisotopic (exact) mass is 211 g/mol. The summed E-state index contributed by atoms with van der Waals surface area (Å²) in [6.07, 6.45) is 2.21. The van der Waals surface area contributed by atoms with Gasteiger partial charge in [-0.1, -0.05) is 0 Å². The van der Waals surface area contributed by atoms with E-state index in [0.29, 0.717) is 11.6 Å². The predicted molar refractivity (Wildman–Crippen MR) is 55.5 cm³/mol. The zero-order valence-corrected chi connectivity index (χ0v) is 8.64. The van der Waals surface area contributed by atoms with E-state index >= 15 is 0 Å². The van der Waals surface area contributed by atoms with E-state index in [1.807, 2.05) is 0 Å². The second kappa shape index (κ2) is 4.06. The molecule has 0 saturated carbocycles. The number of thiazole rings is 1. The van der Waals surface area contributed by atoms with Crippen molar-refractivity contribution in [2.45, 2.75) is 18.8 Å². The van der Waals surface area contributed by atoms with Crippen molar-refractivity contribution in [2.75, 3.05) is 13.1 Å². The lowest BCUT2D eigenvalue weighted by molar-refractivity contribution is 0.0996. The van der Waals surface area contributed by atoms with E-state index in [1.165, 1.54) is 0 Å². The van der Waals surface area contributed by atoms with Gasteiger partial charge in [-0.25, -0.2) is 4.98 Å². The minimum Gasteiger partial charge on any atom is -0.364 e. The molecule has 0 atom stereocenters. The first-order chi connectivity index (χ1) is 6.77. The Labute approximate surface area is 86.5 Å². The molecule has 5 heteroatoms. The fourth-order valence-corrected chi connectivity index (χ4v) is 2.64. The first-order valence-electron chi connectivity index (χ1n) is 4.73. The lowest BCUT2D eigenvalue weighted by atomic mass is 9.99. The Kier molecular flexibility index (Phi) is 2.79. The molecule has 2 rings (SSSR count). The Morgan fingerprint density at radius 2 is 2.29 bits per heavy atom. The van der Waals surface area contributed by atoms with Gasteiger partial charge in [0.15, 0.2) is 0 Å². The summed E-state index contributed by atoms with van der Waals surface area (Å²) in [6, 6.07) is 0. The highest BCUT2D eigenvalue weighted by Gasteiger charge is 2.19. The minimum absolute atomic E-state index is 0.406. The molecule has 3 N–H and O–H groups in total. The Hall–Kier alpha value is -0.940. The summed E-state index contributed by atoms with van der Waals surface area (Å²) in [7, 11) is 0. The van der Waals surface area contributed by atoms with Gasteiger partial charge in [0.2, 0.25) is 0 Å². The molecule has 1 amide bonds. The molecular weight excluding hydrogens is 198 g/mol. The van der Waals surface area contributed by atoms with Crippen LogP contribution in [0.15, 0.2) is 5.38 Å². The summed E-state index contributed by atoms with van der Waals surface area (Å²) in [5.41, 5.74) is 5.56. The summed E-state index contributed by atoms with van der Waals surface area (Å²) in [4.78, 5) is 15.1. The lowest BCUT2D eigenvalue weighted by Gasteiger charge is -2.20. The fraction of sp³-hybridized carbons (Fsp3) is 0.556. The van der Waals surface area contributed by atoms with Gasteiger partial charge in [-0.2, -0.15) is 0 Å². The van der Waals surface area contributed by atoms with Gasteiger partial charge >= 0.3 is 0 Å². The maximum Gasteiger partial charge on any atom is 0.268 e. The van der Waals surface area contributed by atoms with Crippen molar-refractivity contribution in [2.24, 2.45) is 5.73 Å². The number of aromatic nitrogens is 1. The van der Waals surface area contributed by atoms with Crippen LogP contribution in [0.5, 0.6) is 0 Å². The van der Waals surface area contributed by atoms with Crippen molar-refractivity contribution in [1.29, 1.82) is 0 Å². The van der Waals surface area contributed by atoms with Gasteiger partial charge in [-0.05, 0) is 25.9 Å². The van der Waals surface area contributed by atoms with Crippen molar-refractivity contribution >= 4 is 17.2 Å². The number of primary amides is 1. The third-order valence-corrected chi connectivity index (χ3v) is 3.47. The van der Waals surface area contributed by atoms with Gasteiger partial charge in [0.1, 0.15) is 5.69 Å². The second-order valence-electron chi connectivity index (χ2n) is 3.46. The van der Waals surface area contributed by atoms with Crippen LogP contribution in [0.4, 0.5) is 0 Å². The predicted octanol–water partition coefficient (Wildman–Crippen LogP) is 0.709. The molecule has 1 saturated heterocycles. The number of nitrogens with zero attached hydrogens (tertiary/aromatic N) is 1. The average molecular weight is 211 g/mol. The van der Waals surface area contributed by atoms with Crippen LogP contribution in [0.1, 0.15) is 34.3 Å². The Morgan fingerprint density at radius 1 is 1.57 bits per heavy atom. The highest BCUT2D eigenvalue weighted by Crippen LogP contribution is 2.27. The quantitative estimate of drug-likeness (QED) is 0.757. The van der Waals surface area contributed by atoms with Gasteiger partial charge in [0.25, 0.3) is 5.91 Å². The van der Waals surface area contributed by atoms with Crippen LogP contribution in [-0.4, -0.2) is 24.0 Å². The summed E-state index contributed by atoms with van der Waals surface area (Å²) in [6.45, 7) is 2.08. The summed E-state index contributed by atoms with van der Waals surface area (Å²) >= 11 is 1.54. The van der Waals surface area contributed by atoms with Crippen LogP contribution in [0, 0.1) is 0 Å². The van der Waals surface area contributed by atoms with Gasteiger partial charge in [0.05, 0.1) is 5.01 Å². The largest absolute Gasteiger partial charge is 0.364 e. The molecule has 0 radical (unpaired) electrons. The zero-order chi connectivity index (χ0) is 9.97. The lowest BCUT2D eigenvalue weighted by Crippen LogP contribution is -2.26.